The minimum Gasteiger partial charge on any atom is -0.507 e. The van der Waals surface area contributed by atoms with Crippen molar-refractivity contribution in [2.75, 3.05) is 0 Å². The van der Waals surface area contributed by atoms with Gasteiger partial charge in [0.2, 0.25) is 5.91 Å². The van der Waals surface area contributed by atoms with Crippen molar-refractivity contribution in [3.63, 3.8) is 0 Å². The lowest BCUT2D eigenvalue weighted by molar-refractivity contribution is -0.118. The summed E-state index contributed by atoms with van der Waals surface area (Å²) in [5, 5.41) is 20.7. The van der Waals surface area contributed by atoms with Crippen LogP contribution in [0.5, 0.6) is 5.75 Å². The molecule has 0 spiro atoms. The molecule has 0 radical (unpaired) electrons. The summed E-state index contributed by atoms with van der Waals surface area (Å²) in [4.78, 5) is 12.1. The number of amidine groups is 1. The summed E-state index contributed by atoms with van der Waals surface area (Å²) < 4.78 is 0. The molecular weight excluding hydrogens is 334 g/mol. The lowest BCUT2D eigenvalue weighted by atomic mass is 10.1. The first-order valence-corrected chi connectivity index (χ1v) is 8.98. The number of benzene rings is 2. The van der Waals surface area contributed by atoms with E-state index in [-0.39, 0.29) is 16.9 Å². The van der Waals surface area contributed by atoms with Gasteiger partial charge in [-0.05, 0) is 36.1 Å². The number of phenols is 1. The molecule has 2 aromatic carbocycles. The van der Waals surface area contributed by atoms with E-state index >= 15 is 0 Å². The number of rotatable bonds is 5. The van der Waals surface area contributed by atoms with Crippen LogP contribution in [0.1, 0.15) is 23.6 Å². The number of amides is 1. The molecule has 1 fully saturated rings. The Balaban J connectivity index is 1.62. The fourth-order valence-electron chi connectivity index (χ4n) is 2.45. The maximum Gasteiger partial charge on any atom is 0.239 e. The molecule has 1 aliphatic heterocycles. The highest BCUT2D eigenvalue weighted by molar-refractivity contribution is 8.15. The Hall–Kier alpha value is -2.60. The maximum absolute atomic E-state index is 12.1. The van der Waals surface area contributed by atoms with Crippen LogP contribution in [0.3, 0.4) is 0 Å². The zero-order valence-corrected chi connectivity index (χ0v) is 14.7. The van der Waals surface area contributed by atoms with Crippen molar-refractivity contribution in [3.05, 3.63) is 65.2 Å². The predicted octanol–water partition coefficient (Wildman–Crippen LogP) is 3.12. The van der Waals surface area contributed by atoms with E-state index in [4.69, 9.17) is 0 Å². The van der Waals surface area contributed by atoms with Crippen LogP contribution < -0.4 is 5.32 Å². The van der Waals surface area contributed by atoms with Gasteiger partial charge in [-0.2, -0.15) is 5.10 Å². The number of nitrogens with zero attached hydrogens (tertiary/aromatic N) is 2. The first-order valence-electron chi connectivity index (χ1n) is 8.10. The molecule has 5 nitrogen and oxygen atoms in total. The van der Waals surface area contributed by atoms with E-state index in [0.29, 0.717) is 17.2 Å². The number of para-hydroxylation sites is 1. The summed E-state index contributed by atoms with van der Waals surface area (Å²) in [6.45, 7) is 2.12. The lowest BCUT2D eigenvalue weighted by Crippen LogP contribution is -2.25. The van der Waals surface area contributed by atoms with Crippen LogP contribution in [0, 0.1) is 0 Å². The van der Waals surface area contributed by atoms with Crippen molar-refractivity contribution < 1.29 is 9.90 Å². The zero-order valence-electron chi connectivity index (χ0n) is 13.8. The van der Waals surface area contributed by atoms with Crippen molar-refractivity contribution in [1.82, 2.24) is 5.32 Å². The standard InChI is InChI=1S/C19H19N3O2S/c1-2-13-7-9-14(10-8-13)11-17-18(24)21-19(25-17)22-20-12-15-5-3-4-6-16(15)23/h3-10,12,17,23H,2,11H2,1H3,(H,21,22,24)/b20-12+. The molecule has 0 aliphatic carbocycles. The minimum absolute atomic E-state index is 0.0546. The fraction of sp³-hybridized carbons (Fsp3) is 0.211. The number of phenolic OH excluding ortho intramolecular Hbond substituents is 1. The van der Waals surface area contributed by atoms with Gasteiger partial charge in [-0.25, -0.2) is 0 Å². The molecule has 1 aliphatic rings. The smallest absolute Gasteiger partial charge is 0.239 e. The molecule has 0 saturated carbocycles. The maximum atomic E-state index is 12.1. The summed E-state index contributed by atoms with van der Waals surface area (Å²) in [7, 11) is 0. The van der Waals surface area contributed by atoms with Crippen LogP contribution in [0.25, 0.3) is 0 Å². The largest absolute Gasteiger partial charge is 0.507 e. The highest BCUT2D eigenvalue weighted by Gasteiger charge is 2.30. The van der Waals surface area contributed by atoms with Crippen LogP contribution in [0.4, 0.5) is 0 Å². The molecule has 1 unspecified atom stereocenters. The molecular formula is C19H19N3O2S. The second kappa shape index (κ2) is 7.98. The second-order valence-corrected chi connectivity index (χ2v) is 6.87. The van der Waals surface area contributed by atoms with Crippen molar-refractivity contribution in [1.29, 1.82) is 0 Å². The normalized spacial score (nSPS) is 18.8. The number of hydrogen-bond donors (Lipinski definition) is 2. The van der Waals surface area contributed by atoms with Crippen LogP contribution in [0.2, 0.25) is 0 Å². The number of nitrogens with one attached hydrogen (secondary N) is 1. The summed E-state index contributed by atoms with van der Waals surface area (Å²) in [6, 6.07) is 15.2. The van der Waals surface area contributed by atoms with E-state index in [1.54, 1.807) is 24.3 Å². The van der Waals surface area contributed by atoms with Crippen molar-refractivity contribution in [3.8, 4) is 5.75 Å². The number of carbonyl (C=O) groups is 1. The Morgan fingerprint density at radius 1 is 1.16 bits per heavy atom. The van der Waals surface area contributed by atoms with Crippen LogP contribution in [-0.4, -0.2) is 27.6 Å². The number of hydrogen-bond acceptors (Lipinski definition) is 5. The Morgan fingerprint density at radius 3 is 2.60 bits per heavy atom. The van der Waals surface area contributed by atoms with Crippen LogP contribution in [0.15, 0.2) is 58.7 Å². The number of thioether (sulfide) groups is 1. The zero-order chi connectivity index (χ0) is 17.6. The molecule has 1 saturated heterocycles. The lowest BCUT2D eigenvalue weighted by Gasteiger charge is -2.06. The minimum atomic E-state index is -0.202. The molecule has 25 heavy (non-hydrogen) atoms. The molecule has 3 rings (SSSR count). The fourth-order valence-corrected chi connectivity index (χ4v) is 3.42. The summed E-state index contributed by atoms with van der Waals surface area (Å²) in [5.41, 5.74) is 2.99. The van der Waals surface area contributed by atoms with E-state index in [1.807, 2.05) is 0 Å². The average Bonchev–Trinajstić information content (AvgIpc) is 2.97. The van der Waals surface area contributed by atoms with Gasteiger partial charge in [0, 0.05) is 5.56 Å². The Bertz CT molecular complexity index is 816. The molecule has 1 amide bonds. The number of aromatic hydroxyl groups is 1. The Morgan fingerprint density at radius 2 is 1.88 bits per heavy atom. The van der Waals surface area contributed by atoms with Crippen molar-refractivity contribution >= 4 is 29.1 Å². The van der Waals surface area contributed by atoms with E-state index < -0.39 is 0 Å². The molecule has 1 atom stereocenters. The van der Waals surface area contributed by atoms with Crippen molar-refractivity contribution in [2.45, 2.75) is 25.0 Å². The van der Waals surface area contributed by atoms with Gasteiger partial charge in [-0.1, -0.05) is 55.1 Å². The van der Waals surface area contributed by atoms with E-state index in [0.717, 1.165) is 12.0 Å². The third-order valence-electron chi connectivity index (χ3n) is 3.91. The SMILES string of the molecule is CCc1ccc(CC2S/C(=N/N=C/c3ccccc3O)NC2=O)cc1. The van der Waals surface area contributed by atoms with Gasteiger partial charge in [0.15, 0.2) is 5.17 Å². The van der Waals surface area contributed by atoms with Gasteiger partial charge >= 0.3 is 0 Å². The quantitative estimate of drug-likeness (QED) is 0.641. The third kappa shape index (κ3) is 4.48. The first kappa shape index (κ1) is 17.2. The molecule has 0 aromatic heterocycles. The average molecular weight is 353 g/mol. The van der Waals surface area contributed by atoms with Gasteiger partial charge in [0.25, 0.3) is 0 Å². The van der Waals surface area contributed by atoms with E-state index in [9.17, 15) is 9.90 Å². The predicted molar refractivity (Wildman–Crippen MR) is 102 cm³/mol. The second-order valence-electron chi connectivity index (χ2n) is 5.68. The van der Waals surface area contributed by atoms with Gasteiger partial charge in [0.05, 0.1) is 11.5 Å². The Kier molecular flexibility index (Phi) is 5.50. The molecule has 6 heteroatoms. The summed E-state index contributed by atoms with van der Waals surface area (Å²) >= 11 is 1.38. The van der Waals surface area contributed by atoms with Gasteiger partial charge in [-0.15, -0.1) is 5.10 Å². The summed E-state index contributed by atoms with van der Waals surface area (Å²) in [5.74, 6) is 0.0871. The third-order valence-corrected chi connectivity index (χ3v) is 4.98. The number of aryl methyl sites for hydroxylation is 1. The summed E-state index contributed by atoms with van der Waals surface area (Å²) in [6.07, 6.45) is 3.12. The van der Waals surface area contributed by atoms with Gasteiger partial charge in [0.1, 0.15) is 5.75 Å². The van der Waals surface area contributed by atoms with Crippen LogP contribution >= 0.6 is 11.8 Å². The van der Waals surface area contributed by atoms with Gasteiger partial charge < -0.3 is 10.4 Å². The van der Waals surface area contributed by atoms with Gasteiger partial charge in [-0.3, -0.25) is 4.79 Å². The molecule has 2 N–H and O–H groups in total. The van der Waals surface area contributed by atoms with E-state index in [1.165, 1.54) is 23.5 Å². The molecule has 2 aromatic rings. The molecule has 0 bridgehead atoms. The molecule has 128 valence electrons. The van der Waals surface area contributed by atoms with Crippen molar-refractivity contribution in [2.24, 2.45) is 10.2 Å². The van der Waals surface area contributed by atoms with E-state index in [2.05, 4.69) is 46.7 Å². The number of carbonyl (C=O) groups excluding carboxylic acids is 1. The monoisotopic (exact) mass is 353 g/mol. The first-order chi connectivity index (χ1) is 12.2. The van der Waals surface area contributed by atoms with Crippen LogP contribution in [-0.2, 0) is 17.6 Å². The Labute approximate surface area is 150 Å². The molecule has 1 heterocycles. The highest BCUT2D eigenvalue weighted by atomic mass is 32.2. The topological polar surface area (TPSA) is 74.1 Å². The highest BCUT2D eigenvalue weighted by Crippen LogP contribution is 2.23.